The smallest absolute Gasteiger partial charge is 0.396 e. The van der Waals surface area contributed by atoms with Gasteiger partial charge in [-0.3, -0.25) is 4.79 Å². The zero-order valence-corrected chi connectivity index (χ0v) is 35.3. The number of fused-ring (bicyclic) bond motifs is 2. The van der Waals surface area contributed by atoms with E-state index in [0.29, 0.717) is 34.1 Å². The summed E-state index contributed by atoms with van der Waals surface area (Å²) in [6.07, 6.45) is 3.36. The summed E-state index contributed by atoms with van der Waals surface area (Å²) in [5.41, 5.74) is 15.4. The Labute approximate surface area is 355 Å². The number of rotatable bonds is 9. The molecular weight excluding hydrogens is 797 g/mol. The summed E-state index contributed by atoms with van der Waals surface area (Å²) < 4.78 is 15.9. The van der Waals surface area contributed by atoms with Gasteiger partial charge in [-0.2, -0.15) is 10.5 Å². The fourth-order valence-corrected chi connectivity index (χ4v) is 9.10. The van der Waals surface area contributed by atoms with Crippen molar-refractivity contribution < 1.29 is 23.8 Å². The van der Waals surface area contributed by atoms with Gasteiger partial charge in [0.15, 0.2) is 0 Å². The Morgan fingerprint density at radius 2 is 1.20 bits per heavy atom. The highest BCUT2D eigenvalue weighted by atomic mass is 32.1. The predicted molar refractivity (Wildman–Crippen MR) is 229 cm³/mol. The average Bonchev–Trinajstić information content (AvgIpc) is 4.08. The second-order valence-corrected chi connectivity index (χ2v) is 16.7. The van der Waals surface area contributed by atoms with Crippen molar-refractivity contribution in [2.45, 2.75) is 77.7 Å². The molecule has 0 saturated carbocycles. The van der Waals surface area contributed by atoms with Gasteiger partial charge in [-0.25, -0.2) is 4.79 Å². The number of methoxy groups -OCH3 is 1. The molecule has 1 amide bonds. The van der Waals surface area contributed by atoms with Gasteiger partial charge >= 0.3 is 11.9 Å². The minimum absolute atomic E-state index is 0.0163. The van der Waals surface area contributed by atoms with Crippen LogP contribution in [0.25, 0.3) is 42.3 Å². The van der Waals surface area contributed by atoms with E-state index in [1.807, 2.05) is 76.2 Å². The van der Waals surface area contributed by atoms with Crippen LogP contribution in [0.5, 0.6) is 11.5 Å². The summed E-state index contributed by atoms with van der Waals surface area (Å²) in [5.74, 6) is -0.523. The molecule has 2 atom stereocenters. The van der Waals surface area contributed by atoms with Crippen LogP contribution in [-0.4, -0.2) is 51.6 Å². The molecular formula is C45H42N8O5S2. The number of aromatic nitrogens is 4. The molecule has 2 aromatic heterocycles. The molecule has 60 heavy (non-hydrogen) atoms. The highest BCUT2D eigenvalue weighted by Gasteiger charge is 2.29. The third-order valence-corrected chi connectivity index (χ3v) is 12.0. The number of nitrogens with zero attached hydrogens (tertiary/aromatic N) is 6. The third-order valence-electron chi connectivity index (χ3n) is 9.99. The van der Waals surface area contributed by atoms with Gasteiger partial charge in [-0.1, -0.05) is 59.1 Å². The maximum absolute atomic E-state index is 12.0. The number of nitrogens with two attached hydrogens (primary N) is 1. The lowest BCUT2D eigenvalue weighted by Gasteiger charge is -2.13. The van der Waals surface area contributed by atoms with Crippen LogP contribution in [0.3, 0.4) is 0 Å². The molecule has 8 rings (SSSR count). The van der Waals surface area contributed by atoms with Gasteiger partial charge in [-0.05, 0) is 112 Å². The maximum Gasteiger partial charge on any atom is 0.396 e. The molecule has 2 heterocycles. The molecule has 15 heteroatoms. The van der Waals surface area contributed by atoms with Crippen LogP contribution in [-0.2, 0) is 27.2 Å². The first-order valence-corrected chi connectivity index (χ1v) is 21.1. The second kappa shape index (κ2) is 18.2. The molecule has 0 unspecified atom stereocenters. The number of ether oxygens (including phenoxy) is 3. The van der Waals surface area contributed by atoms with Crippen LogP contribution in [0.15, 0.2) is 72.8 Å². The number of nitriles is 2. The van der Waals surface area contributed by atoms with Gasteiger partial charge in [0.1, 0.15) is 43.7 Å². The van der Waals surface area contributed by atoms with Crippen molar-refractivity contribution in [2.75, 3.05) is 7.11 Å². The molecule has 2 aliphatic rings. The lowest BCUT2D eigenvalue weighted by Crippen LogP contribution is -2.34. The van der Waals surface area contributed by atoms with E-state index in [1.165, 1.54) is 40.9 Å². The van der Waals surface area contributed by atoms with Gasteiger partial charge in [0, 0.05) is 28.3 Å². The van der Waals surface area contributed by atoms with Crippen LogP contribution >= 0.6 is 22.7 Å². The van der Waals surface area contributed by atoms with E-state index < -0.39 is 11.9 Å². The zero-order chi connectivity index (χ0) is 42.5. The first-order valence-electron chi connectivity index (χ1n) is 19.5. The first kappa shape index (κ1) is 41.6. The summed E-state index contributed by atoms with van der Waals surface area (Å²) in [7, 11) is 1.18. The molecule has 0 radical (unpaired) electrons. The van der Waals surface area contributed by atoms with Crippen molar-refractivity contribution in [1.29, 1.82) is 10.5 Å². The number of carbonyl (C=O) groups is 2. The molecule has 0 spiro atoms. The Balaban J connectivity index is 0.000000185. The van der Waals surface area contributed by atoms with Crippen molar-refractivity contribution in [3.8, 4) is 65.9 Å². The predicted octanol–water partition coefficient (Wildman–Crippen LogP) is 8.28. The number of esters is 1. The molecule has 0 aliphatic heterocycles. The zero-order valence-electron chi connectivity index (χ0n) is 33.7. The highest BCUT2D eigenvalue weighted by Crippen LogP contribution is 2.41. The molecule has 13 nitrogen and oxygen atoms in total. The monoisotopic (exact) mass is 838 g/mol. The Morgan fingerprint density at radius 1 is 0.717 bits per heavy atom. The van der Waals surface area contributed by atoms with Gasteiger partial charge in [0.25, 0.3) is 0 Å². The first-order chi connectivity index (χ1) is 29.0. The molecule has 0 fully saturated rings. The van der Waals surface area contributed by atoms with Gasteiger partial charge < -0.3 is 25.3 Å². The number of hydrogen-bond donors (Lipinski definition) is 2. The van der Waals surface area contributed by atoms with E-state index in [-0.39, 0.29) is 24.3 Å². The Morgan fingerprint density at radius 3 is 1.70 bits per heavy atom. The van der Waals surface area contributed by atoms with E-state index in [4.69, 9.17) is 15.2 Å². The molecule has 4 aromatic carbocycles. The second-order valence-electron chi connectivity index (χ2n) is 14.8. The van der Waals surface area contributed by atoms with E-state index in [0.717, 1.165) is 67.7 Å². The summed E-state index contributed by atoms with van der Waals surface area (Å²) in [5, 5.41) is 42.3. The van der Waals surface area contributed by atoms with Crippen molar-refractivity contribution in [2.24, 2.45) is 5.73 Å². The molecule has 3 N–H and O–H groups in total. The van der Waals surface area contributed by atoms with E-state index >= 15 is 0 Å². The van der Waals surface area contributed by atoms with Crippen molar-refractivity contribution in [1.82, 2.24) is 25.7 Å². The fraction of sp³-hybridized carbons (Fsp3) is 0.289. The van der Waals surface area contributed by atoms with Crippen LogP contribution in [0.1, 0.15) is 86.0 Å². The third kappa shape index (κ3) is 8.89. The van der Waals surface area contributed by atoms with Gasteiger partial charge in [0.05, 0.1) is 36.5 Å². The summed E-state index contributed by atoms with van der Waals surface area (Å²) in [6, 6.07) is 27.3. The number of amides is 1. The molecule has 2 aliphatic carbocycles. The quantitative estimate of drug-likeness (QED) is 0.104. The van der Waals surface area contributed by atoms with Crippen LogP contribution < -0.4 is 20.5 Å². The molecule has 6 aromatic rings. The molecule has 0 bridgehead atoms. The largest absolute Gasteiger partial charge is 0.490 e. The van der Waals surface area contributed by atoms with Crippen molar-refractivity contribution in [3.63, 3.8) is 0 Å². The summed E-state index contributed by atoms with van der Waals surface area (Å²) in [6.45, 7) is 7.71. The van der Waals surface area contributed by atoms with Gasteiger partial charge in [0.2, 0.25) is 0 Å². The molecule has 304 valence electrons. The Hall–Kier alpha value is -6.52. The number of benzene rings is 4. The SMILES string of the molecule is CC(C)Oc1ccc(-c2nnc(-c3cccc4c3CC[C@@H]4N)s2)cc1C#N.COC(=O)C(=O)N[C@H]1CCc2c(-c3nnc(-c4ccc(OC(C)C)c(C#N)c4)s3)cccc21. The van der Waals surface area contributed by atoms with E-state index in [9.17, 15) is 20.1 Å². The Bertz CT molecular complexity index is 2660. The van der Waals surface area contributed by atoms with Crippen molar-refractivity contribution in [3.05, 3.63) is 106 Å². The summed E-state index contributed by atoms with van der Waals surface area (Å²) in [4.78, 5) is 23.4. The van der Waals surface area contributed by atoms with Gasteiger partial charge in [-0.15, -0.1) is 20.4 Å². The minimum atomic E-state index is -0.907. The number of hydrogen-bond acceptors (Lipinski definition) is 14. The van der Waals surface area contributed by atoms with Crippen LogP contribution in [0.4, 0.5) is 0 Å². The molecule has 0 saturated heterocycles. The lowest BCUT2D eigenvalue weighted by atomic mass is 10.0. The van der Waals surface area contributed by atoms with Crippen molar-refractivity contribution >= 4 is 34.6 Å². The number of carbonyl (C=O) groups excluding carboxylic acids is 2. The van der Waals surface area contributed by atoms with E-state index in [1.54, 1.807) is 12.1 Å². The minimum Gasteiger partial charge on any atom is -0.490 e. The average molecular weight is 839 g/mol. The van der Waals surface area contributed by atoms with Crippen LogP contribution in [0.2, 0.25) is 0 Å². The fourth-order valence-electron chi connectivity index (χ4n) is 7.31. The normalized spacial score (nSPS) is 15.0. The summed E-state index contributed by atoms with van der Waals surface area (Å²) >= 11 is 2.97. The lowest BCUT2D eigenvalue weighted by molar-refractivity contribution is -0.153. The highest BCUT2D eigenvalue weighted by molar-refractivity contribution is 7.18. The standard InChI is InChI=1S/C24H22N4O4S.C21H20N4OS/c1-13(2)32-20-10-7-14(11-15(20)12-25)22-27-28-23(33-22)18-6-4-5-17-16(18)8-9-19(17)26-21(29)24(30)31-3;1-12(2)26-19-9-6-13(10-14(19)11-22)20-24-25-21(27-20)17-5-3-4-16-15(17)7-8-18(16)23/h4-7,10-11,13,19H,8-9H2,1-3H3,(H,26,29);3-6,9-10,12,18H,7-8,23H2,1-2H3/t19-;18-/m00/s1. The topological polar surface area (TPSA) is 199 Å². The van der Waals surface area contributed by atoms with Crippen LogP contribution in [0, 0.1) is 22.7 Å². The maximum atomic E-state index is 12.0. The van der Waals surface area contributed by atoms with E-state index in [2.05, 4.69) is 54.7 Å². The Kier molecular flexibility index (Phi) is 12.6. The number of nitrogens with one attached hydrogen (secondary N) is 1.